The molecule has 4 rings (SSSR count). The van der Waals surface area contributed by atoms with E-state index in [4.69, 9.17) is 0 Å². The number of para-hydroxylation sites is 1. The Labute approximate surface area is 176 Å². The standard InChI is InChI=1S/C24H28N4O2/c1-16-7-6-12-27(14-16)23-20-8-4-5-9-21(20)28(24(30)26-23)15-22(29)25-19-11-10-17(2)18(3)13-19/h4-5,8-11,13,16H,6-7,12,14-15H2,1-3H3,(H,25,29). The Bertz CT molecular complexity index is 1150. The number of aromatic nitrogens is 2. The zero-order chi connectivity index (χ0) is 21.3. The summed E-state index contributed by atoms with van der Waals surface area (Å²) >= 11 is 0. The lowest BCUT2D eigenvalue weighted by Crippen LogP contribution is -2.38. The summed E-state index contributed by atoms with van der Waals surface area (Å²) in [7, 11) is 0. The minimum absolute atomic E-state index is 0.0735. The average molecular weight is 405 g/mol. The number of hydrogen-bond acceptors (Lipinski definition) is 4. The van der Waals surface area contributed by atoms with Crippen molar-refractivity contribution in [3.8, 4) is 0 Å². The molecule has 6 heteroatoms. The topological polar surface area (TPSA) is 67.2 Å². The first-order valence-electron chi connectivity index (χ1n) is 10.5. The fourth-order valence-corrected chi connectivity index (χ4v) is 4.15. The van der Waals surface area contributed by atoms with Crippen molar-refractivity contribution in [2.75, 3.05) is 23.3 Å². The third kappa shape index (κ3) is 4.08. The van der Waals surface area contributed by atoms with Gasteiger partial charge in [-0.25, -0.2) is 4.79 Å². The molecular formula is C24H28N4O2. The maximum absolute atomic E-state index is 12.9. The number of anilines is 2. The molecule has 1 N–H and O–H groups in total. The van der Waals surface area contributed by atoms with Crippen LogP contribution < -0.4 is 15.9 Å². The number of fused-ring (bicyclic) bond motifs is 1. The second-order valence-electron chi connectivity index (χ2n) is 8.36. The van der Waals surface area contributed by atoms with Crippen molar-refractivity contribution >= 4 is 28.3 Å². The highest BCUT2D eigenvalue weighted by atomic mass is 16.2. The van der Waals surface area contributed by atoms with Gasteiger partial charge in [-0.2, -0.15) is 4.98 Å². The fourth-order valence-electron chi connectivity index (χ4n) is 4.15. The second-order valence-corrected chi connectivity index (χ2v) is 8.36. The van der Waals surface area contributed by atoms with Crippen LogP contribution in [0.1, 0.15) is 30.9 Å². The van der Waals surface area contributed by atoms with E-state index in [-0.39, 0.29) is 12.5 Å². The van der Waals surface area contributed by atoms with Gasteiger partial charge in [0.25, 0.3) is 0 Å². The number of aryl methyl sites for hydroxylation is 2. The summed E-state index contributed by atoms with van der Waals surface area (Å²) in [6.45, 7) is 7.99. The lowest BCUT2D eigenvalue weighted by molar-refractivity contribution is -0.116. The molecule has 1 aromatic heterocycles. The number of nitrogens with one attached hydrogen (secondary N) is 1. The first-order chi connectivity index (χ1) is 14.4. The van der Waals surface area contributed by atoms with Crippen LogP contribution in [0.3, 0.4) is 0 Å². The lowest BCUT2D eigenvalue weighted by atomic mass is 10.00. The van der Waals surface area contributed by atoms with Crippen molar-refractivity contribution in [2.45, 2.75) is 40.2 Å². The summed E-state index contributed by atoms with van der Waals surface area (Å²) in [5.74, 6) is 1.06. The van der Waals surface area contributed by atoms with Crippen molar-refractivity contribution in [3.05, 3.63) is 64.1 Å². The van der Waals surface area contributed by atoms with Gasteiger partial charge in [0, 0.05) is 24.2 Å². The molecule has 0 spiro atoms. The number of rotatable bonds is 4. The summed E-state index contributed by atoms with van der Waals surface area (Å²) in [6.07, 6.45) is 2.29. The van der Waals surface area contributed by atoms with E-state index >= 15 is 0 Å². The molecule has 1 saturated heterocycles. The Morgan fingerprint density at radius 2 is 1.97 bits per heavy atom. The van der Waals surface area contributed by atoms with Crippen LogP contribution in [-0.2, 0) is 11.3 Å². The van der Waals surface area contributed by atoms with Crippen molar-refractivity contribution < 1.29 is 4.79 Å². The number of piperidine rings is 1. The van der Waals surface area contributed by atoms with E-state index in [0.29, 0.717) is 5.92 Å². The Kier molecular flexibility index (Phi) is 5.57. The SMILES string of the molecule is Cc1ccc(NC(=O)Cn2c(=O)nc(N3CCCC(C)C3)c3ccccc32)cc1C. The van der Waals surface area contributed by atoms with E-state index in [9.17, 15) is 9.59 Å². The molecule has 0 saturated carbocycles. The molecule has 1 atom stereocenters. The van der Waals surface area contributed by atoms with Crippen LogP contribution in [-0.4, -0.2) is 28.5 Å². The lowest BCUT2D eigenvalue weighted by Gasteiger charge is -2.32. The van der Waals surface area contributed by atoms with Gasteiger partial charge in [0.05, 0.1) is 5.52 Å². The van der Waals surface area contributed by atoms with Gasteiger partial charge in [0.15, 0.2) is 0 Å². The first-order valence-corrected chi connectivity index (χ1v) is 10.5. The molecular weight excluding hydrogens is 376 g/mol. The fraction of sp³-hybridized carbons (Fsp3) is 0.375. The number of carbonyl (C=O) groups excluding carboxylic acids is 1. The molecule has 0 aliphatic carbocycles. The van der Waals surface area contributed by atoms with Crippen molar-refractivity contribution in [1.29, 1.82) is 0 Å². The van der Waals surface area contributed by atoms with E-state index in [1.54, 1.807) is 0 Å². The van der Waals surface area contributed by atoms with E-state index in [1.807, 2.05) is 56.3 Å². The minimum Gasteiger partial charge on any atom is -0.356 e. The predicted molar refractivity (Wildman–Crippen MR) is 121 cm³/mol. The molecule has 1 unspecified atom stereocenters. The number of nitrogens with zero attached hydrogens (tertiary/aromatic N) is 3. The molecule has 1 aliphatic heterocycles. The van der Waals surface area contributed by atoms with Gasteiger partial charge in [0.1, 0.15) is 12.4 Å². The molecule has 30 heavy (non-hydrogen) atoms. The maximum Gasteiger partial charge on any atom is 0.350 e. The Hall–Kier alpha value is -3.15. The summed E-state index contributed by atoms with van der Waals surface area (Å²) in [5.41, 5.74) is 3.35. The molecule has 2 aromatic carbocycles. The number of amides is 1. The minimum atomic E-state index is -0.392. The highest BCUT2D eigenvalue weighted by Crippen LogP contribution is 2.27. The van der Waals surface area contributed by atoms with Crippen LogP contribution in [0.25, 0.3) is 10.9 Å². The number of carbonyl (C=O) groups is 1. The molecule has 2 heterocycles. The summed E-state index contributed by atoms with van der Waals surface area (Å²) < 4.78 is 1.46. The van der Waals surface area contributed by atoms with Gasteiger partial charge in [-0.1, -0.05) is 25.1 Å². The molecule has 0 bridgehead atoms. The number of benzene rings is 2. The largest absolute Gasteiger partial charge is 0.356 e. The molecule has 1 fully saturated rings. The summed E-state index contributed by atoms with van der Waals surface area (Å²) in [4.78, 5) is 32.2. The van der Waals surface area contributed by atoms with E-state index in [2.05, 4.69) is 22.1 Å². The van der Waals surface area contributed by atoms with E-state index < -0.39 is 5.69 Å². The highest BCUT2D eigenvalue weighted by molar-refractivity contribution is 5.94. The molecule has 0 radical (unpaired) electrons. The third-order valence-electron chi connectivity index (χ3n) is 5.92. The van der Waals surface area contributed by atoms with Gasteiger partial charge >= 0.3 is 5.69 Å². The molecule has 6 nitrogen and oxygen atoms in total. The molecule has 156 valence electrons. The molecule has 3 aromatic rings. The highest BCUT2D eigenvalue weighted by Gasteiger charge is 2.22. The summed E-state index contributed by atoms with van der Waals surface area (Å²) in [5, 5.41) is 3.80. The van der Waals surface area contributed by atoms with Gasteiger partial charge in [-0.3, -0.25) is 9.36 Å². The van der Waals surface area contributed by atoms with Crippen LogP contribution in [0.5, 0.6) is 0 Å². The van der Waals surface area contributed by atoms with Gasteiger partial charge < -0.3 is 10.2 Å². The first kappa shape index (κ1) is 20.1. The second kappa shape index (κ2) is 8.30. The molecule has 1 aliphatic rings. The summed E-state index contributed by atoms with van der Waals surface area (Å²) in [6, 6.07) is 13.5. The van der Waals surface area contributed by atoms with Crippen molar-refractivity contribution in [2.24, 2.45) is 5.92 Å². The third-order valence-corrected chi connectivity index (χ3v) is 5.92. The van der Waals surface area contributed by atoms with Crippen LogP contribution in [0.15, 0.2) is 47.3 Å². The monoisotopic (exact) mass is 404 g/mol. The van der Waals surface area contributed by atoms with E-state index in [1.165, 1.54) is 16.6 Å². The predicted octanol–water partition coefficient (Wildman–Crippen LogP) is 3.89. The average Bonchev–Trinajstić information content (AvgIpc) is 2.72. The van der Waals surface area contributed by atoms with Crippen LogP contribution in [0, 0.1) is 19.8 Å². The Balaban J connectivity index is 1.65. The Morgan fingerprint density at radius 3 is 2.73 bits per heavy atom. The van der Waals surface area contributed by atoms with Crippen LogP contribution in [0.4, 0.5) is 11.5 Å². The van der Waals surface area contributed by atoms with E-state index in [0.717, 1.165) is 47.5 Å². The normalized spacial score (nSPS) is 16.6. The number of hydrogen-bond donors (Lipinski definition) is 1. The van der Waals surface area contributed by atoms with Gasteiger partial charge in [-0.05, 0) is 68.0 Å². The van der Waals surface area contributed by atoms with Crippen LogP contribution in [0.2, 0.25) is 0 Å². The zero-order valence-electron chi connectivity index (χ0n) is 17.8. The van der Waals surface area contributed by atoms with Crippen LogP contribution >= 0.6 is 0 Å². The van der Waals surface area contributed by atoms with Crippen molar-refractivity contribution in [1.82, 2.24) is 9.55 Å². The van der Waals surface area contributed by atoms with Gasteiger partial charge in [-0.15, -0.1) is 0 Å². The zero-order valence-corrected chi connectivity index (χ0v) is 17.8. The molecule has 1 amide bonds. The van der Waals surface area contributed by atoms with Crippen molar-refractivity contribution in [3.63, 3.8) is 0 Å². The maximum atomic E-state index is 12.9. The van der Waals surface area contributed by atoms with Gasteiger partial charge in [0.2, 0.25) is 5.91 Å². The smallest absolute Gasteiger partial charge is 0.350 e. The Morgan fingerprint density at radius 1 is 1.17 bits per heavy atom. The quantitative estimate of drug-likeness (QED) is 0.716.